The van der Waals surface area contributed by atoms with Crippen LogP contribution in [0.2, 0.25) is 0 Å². The highest BCUT2D eigenvalue weighted by Gasteiger charge is 2.35. The van der Waals surface area contributed by atoms with Gasteiger partial charge in [-0.25, -0.2) is 4.98 Å². The van der Waals surface area contributed by atoms with E-state index in [-0.39, 0.29) is 5.82 Å². The summed E-state index contributed by atoms with van der Waals surface area (Å²) in [5.41, 5.74) is -0.638. The smallest absolute Gasteiger partial charge is 0.309 e. The van der Waals surface area contributed by atoms with E-state index in [1.807, 2.05) is 0 Å². The van der Waals surface area contributed by atoms with Gasteiger partial charge in [-0.15, -0.1) is 0 Å². The lowest BCUT2D eigenvalue weighted by Crippen LogP contribution is -2.18. The predicted octanol–water partition coefficient (Wildman–Crippen LogP) is 1.47. The molecule has 2 rings (SSSR count). The zero-order chi connectivity index (χ0) is 20.3. The fourth-order valence-electron chi connectivity index (χ4n) is 1.48. The molecule has 1 aromatic heterocycles. The van der Waals surface area contributed by atoms with Crippen molar-refractivity contribution in [1.29, 1.82) is 0 Å². The van der Waals surface area contributed by atoms with Crippen LogP contribution in [0.25, 0.3) is 0 Å². The molecule has 2 heterocycles. The standard InChI is InChI=1S/C12H18N2O2/c1-4-11-9(7-16-12(11)15)5-10-6-13-8(2)14(10)3/h6,9,11H,4-5,7H2,1-3H3/t9-,11-/m0/s1/i1D3,3D3,5D2,6D,11D. The minimum atomic E-state index is -2.85. The van der Waals surface area contributed by atoms with Crippen molar-refractivity contribution in [3.8, 4) is 0 Å². The Morgan fingerprint density at radius 3 is 3.56 bits per heavy atom. The fourth-order valence-corrected chi connectivity index (χ4v) is 1.48. The van der Waals surface area contributed by atoms with Crippen molar-refractivity contribution in [2.75, 3.05) is 6.61 Å². The number of aryl methyl sites for hydroxylation is 1. The number of esters is 1. The molecular formula is C12H18N2O2. The van der Waals surface area contributed by atoms with Gasteiger partial charge in [-0.05, 0) is 19.7 Å². The number of hydrogen-bond acceptors (Lipinski definition) is 3. The van der Waals surface area contributed by atoms with E-state index in [4.69, 9.17) is 18.4 Å². The van der Waals surface area contributed by atoms with Gasteiger partial charge in [0.15, 0.2) is 0 Å². The first-order valence-corrected chi connectivity index (χ1v) is 4.76. The molecule has 88 valence electrons. The maximum Gasteiger partial charge on any atom is 0.309 e. The van der Waals surface area contributed by atoms with E-state index in [0.717, 1.165) is 0 Å². The molecule has 0 aromatic carbocycles. The number of ether oxygens (including phenoxy) is 1. The monoisotopic (exact) mass is 232 g/mol. The summed E-state index contributed by atoms with van der Waals surface area (Å²) in [7, 11) is 0. The van der Waals surface area contributed by atoms with E-state index in [1.165, 1.54) is 6.92 Å². The summed E-state index contributed by atoms with van der Waals surface area (Å²) in [6.45, 7) is -4.87. The predicted molar refractivity (Wildman–Crippen MR) is 59.9 cm³/mol. The molecule has 0 amide bonds. The van der Waals surface area contributed by atoms with Crippen LogP contribution >= 0.6 is 0 Å². The number of carbonyl (C=O) groups excluding carboxylic acids is 1. The summed E-state index contributed by atoms with van der Waals surface area (Å²) in [6, 6.07) is 0. The highest BCUT2D eigenvalue weighted by Crippen LogP contribution is 2.28. The SMILES string of the molecule is [2H]c1nc(C)n(C([2H])([2H])[2H])c1C([2H])([2H])[C@H]1COC(=O)[C@@]1([2H])CC([2H])([2H])[2H]. The van der Waals surface area contributed by atoms with Gasteiger partial charge in [0, 0.05) is 37.1 Å². The van der Waals surface area contributed by atoms with Crippen molar-refractivity contribution < 1.29 is 23.2 Å². The molecular weight excluding hydrogens is 204 g/mol. The average molecular weight is 232 g/mol. The number of hydrogen-bond donors (Lipinski definition) is 0. The van der Waals surface area contributed by atoms with Crippen molar-refractivity contribution in [3.05, 3.63) is 17.7 Å². The third-order valence-electron chi connectivity index (χ3n) is 2.44. The molecule has 1 fully saturated rings. The Morgan fingerprint density at radius 2 is 2.81 bits per heavy atom. The molecule has 0 unspecified atom stereocenters. The first-order valence-electron chi connectivity index (χ1n) is 9.76. The van der Waals surface area contributed by atoms with Crippen molar-refractivity contribution in [2.24, 2.45) is 18.8 Å². The second kappa shape index (κ2) is 4.28. The van der Waals surface area contributed by atoms with Gasteiger partial charge >= 0.3 is 5.97 Å². The van der Waals surface area contributed by atoms with Gasteiger partial charge < -0.3 is 9.30 Å². The lowest BCUT2D eigenvalue weighted by molar-refractivity contribution is -0.141. The van der Waals surface area contributed by atoms with E-state index in [2.05, 4.69) is 4.98 Å². The quantitative estimate of drug-likeness (QED) is 0.741. The van der Waals surface area contributed by atoms with Gasteiger partial charge in [0.2, 0.25) is 0 Å². The molecule has 0 saturated carbocycles. The van der Waals surface area contributed by atoms with Crippen LogP contribution < -0.4 is 0 Å². The summed E-state index contributed by atoms with van der Waals surface area (Å²) < 4.78 is 83.0. The average Bonchev–Trinajstić information content (AvgIpc) is 2.85. The molecule has 0 N–H and O–H groups in total. The van der Waals surface area contributed by atoms with E-state index in [1.54, 1.807) is 0 Å². The molecule has 16 heavy (non-hydrogen) atoms. The Bertz CT molecular complexity index is 723. The number of aromatic nitrogens is 2. The molecule has 0 radical (unpaired) electrons. The van der Waals surface area contributed by atoms with Gasteiger partial charge in [-0.3, -0.25) is 4.79 Å². The molecule has 0 bridgehead atoms. The molecule has 1 aliphatic heterocycles. The van der Waals surface area contributed by atoms with Crippen LogP contribution in [0.4, 0.5) is 0 Å². The third-order valence-corrected chi connectivity index (χ3v) is 2.44. The number of cyclic esters (lactones) is 1. The minimum absolute atomic E-state index is 0.134. The highest BCUT2D eigenvalue weighted by molar-refractivity contribution is 5.74. The second-order valence-corrected chi connectivity index (χ2v) is 3.45. The number of imidazole rings is 1. The van der Waals surface area contributed by atoms with Crippen LogP contribution in [0.3, 0.4) is 0 Å². The molecule has 4 heteroatoms. The molecule has 1 aliphatic rings. The second-order valence-electron chi connectivity index (χ2n) is 3.45. The zero-order valence-electron chi connectivity index (χ0n) is 18.7. The van der Waals surface area contributed by atoms with Gasteiger partial charge in [-0.2, -0.15) is 0 Å². The number of carbonyl (C=O) groups is 1. The maximum atomic E-state index is 12.0. The van der Waals surface area contributed by atoms with E-state index in [0.29, 0.717) is 4.57 Å². The van der Waals surface area contributed by atoms with Crippen LogP contribution in [0.5, 0.6) is 0 Å². The van der Waals surface area contributed by atoms with Crippen molar-refractivity contribution in [1.82, 2.24) is 9.55 Å². The molecule has 0 aliphatic carbocycles. The van der Waals surface area contributed by atoms with Crippen LogP contribution in [-0.4, -0.2) is 22.1 Å². The van der Waals surface area contributed by atoms with Gasteiger partial charge in [0.05, 0.1) is 13.9 Å². The molecule has 0 spiro atoms. The number of rotatable bonds is 3. The van der Waals surface area contributed by atoms with E-state index < -0.39 is 62.9 Å². The fraction of sp³-hybridized carbons (Fsp3) is 0.667. The van der Waals surface area contributed by atoms with Crippen LogP contribution in [0.1, 0.15) is 38.5 Å². The summed E-state index contributed by atoms with van der Waals surface area (Å²) >= 11 is 0. The summed E-state index contributed by atoms with van der Waals surface area (Å²) in [5.74, 6) is -5.39. The summed E-state index contributed by atoms with van der Waals surface area (Å²) in [5, 5.41) is 0. The molecule has 1 aromatic rings. The Labute approximate surface area is 110 Å². The maximum absolute atomic E-state index is 12.0. The molecule has 4 nitrogen and oxygen atoms in total. The van der Waals surface area contributed by atoms with Gasteiger partial charge in [0.25, 0.3) is 0 Å². The van der Waals surface area contributed by atoms with Crippen molar-refractivity contribution in [2.45, 2.75) is 26.6 Å². The Kier molecular flexibility index (Phi) is 1.11. The first-order chi connectivity index (χ1) is 11.5. The van der Waals surface area contributed by atoms with E-state index in [9.17, 15) is 4.79 Å². The Hall–Kier alpha value is -1.32. The zero-order valence-corrected chi connectivity index (χ0v) is 8.70. The van der Waals surface area contributed by atoms with Gasteiger partial charge in [-0.1, -0.05) is 6.85 Å². The van der Waals surface area contributed by atoms with Crippen LogP contribution in [-0.2, 0) is 22.9 Å². The highest BCUT2D eigenvalue weighted by atomic mass is 16.5. The minimum Gasteiger partial charge on any atom is -0.465 e. The van der Waals surface area contributed by atoms with Crippen LogP contribution in [0, 0.1) is 18.7 Å². The largest absolute Gasteiger partial charge is 0.465 e. The topological polar surface area (TPSA) is 44.1 Å². The lowest BCUT2D eigenvalue weighted by atomic mass is 9.89. The first kappa shape index (κ1) is 4.17. The van der Waals surface area contributed by atoms with E-state index >= 15 is 0 Å². The third kappa shape index (κ3) is 1.84. The summed E-state index contributed by atoms with van der Waals surface area (Å²) in [6.07, 6.45) is -4.33. The normalized spacial score (nSPS) is 41.1. The van der Waals surface area contributed by atoms with Crippen molar-refractivity contribution in [3.63, 3.8) is 0 Å². The van der Waals surface area contributed by atoms with Gasteiger partial charge in [0.1, 0.15) is 5.82 Å². The number of nitrogens with zero attached hydrogens (tertiary/aromatic N) is 2. The Balaban J connectivity index is 2.62. The van der Waals surface area contributed by atoms with Crippen molar-refractivity contribution >= 4 is 5.97 Å². The lowest BCUT2D eigenvalue weighted by Gasteiger charge is -2.13. The Morgan fingerprint density at radius 1 is 1.94 bits per heavy atom. The molecule has 1 saturated heterocycles. The molecule has 2 atom stereocenters. The summed E-state index contributed by atoms with van der Waals surface area (Å²) in [4.78, 5) is 15.7. The van der Waals surface area contributed by atoms with Crippen LogP contribution in [0.15, 0.2) is 6.17 Å².